The molecular formula is C23H34N2O4S. The zero-order valence-electron chi connectivity index (χ0n) is 18.0. The Morgan fingerprint density at radius 1 is 1.17 bits per heavy atom. The lowest BCUT2D eigenvalue weighted by Crippen LogP contribution is -2.39. The van der Waals surface area contributed by atoms with Gasteiger partial charge in [-0.25, -0.2) is 13.4 Å². The van der Waals surface area contributed by atoms with Gasteiger partial charge < -0.3 is 9.64 Å². The number of rotatable bonds is 8. The zero-order valence-corrected chi connectivity index (χ0v) is 18.8. The summed E-state index contributed by atoms with van der Waals surface area (Å²) < 4.78 is 28.7. The fraction of sp³-hybridized carbons (Fsp3) is 0.739. The van der Waals surface area contributed by atoms with E-state index in [-0.39, 0.29) is 4.90 Å². The van der Waals surface area contributed by atoms with Crippen LogP contribution in [0.4, 0.5) is 0 Å². The fourth-order valence-electron chi connectivity index (χ4n) is 5.33. The summed E-state index contributed by atoms with van der Waals surface area (Å²) in [7, 11) is -3.22. The Hall–Kier alpha value is -1.63. The summed E-state index contributed by atoms with van der Waals surface area (Å²) in [6, 6.07) is 3.17. The summed E-state index contributed by atoms with van der Waals surface area (Å²) in [5, 5.41) is 0. The van der Waals surface area contributed by atoms with Crippen molar-refractivity contribution in [2.45, 2.75) is 62.7 Å². The molecule has 0 bridgehead atoms. The summed E-state index contributed by atoms with van der Waals surface area (Å²) >= 11 is 0. The number of amides is 1. The van der Waals surface area contributed by atoms with Gasteiger partial charge in [0.2, 0.25) is 11.8 Å². The van der Waals surface area contributed by atoms with Gasteiger partial charge in [-0.1, -0.05) is 12.8 Å². The number of hydrogen-bond acceptors (Lipinski definition) is 5. The Kier molecular flexibility index (Phi) is 6.66. The molecule has 2 saturated carbocycles. The Morgan fingerprint density at radius 3 is 2.53 bits per heavy atom. The van der Waals surface area contributed by atoms with E-state index >= 15 is 0 Å². The van der Waals surface area contributed by atoms with Gasteiger partial charge in [-0.15, -0.1) is 0 Å². The number of aromatic nitrogens is 1. The lowest BCUT2D eigenvalue weighted by molar-refractivity contribution is -0.133. The molecule has 1 saturated heterocycles. The van der Waals surface area contributed by atoms with Crippen LogP contribution in [-0.4, -0.2) is 50.2 Å². The topological polar surface area (TPSA) is 76.6 Å². The number of ether oxygens (including phenoxy) is 1. The minimum Gasteiger partial charge on any atom is -0.478 e. The first-order valence-electron chi connectivity index (χ1n) is 11.5. The van der Waals surface area contributed by atoms with E-state index in [0.717, 1.165) is 50.6 Å². The Morgan fingerprint density at radius 2 is 1.90 bits per heavy atom. The molecule has 2 unspecified atom stereocenters. The van der Waals surface area contributed by atoms with Gasteiger partial charge in [0, 0.05) is 38.0 Å². The molecule has 2 atom stereocenters. The van der Waals surface area contributed by atoms with E-state index in [1.807, 2.05) is 0 Å². The van der Waals surface area contributed by atoms with Gasteiger partial charge in [0.1, 0.15) is 0 Å². The van der Waals surface area contributed by atoms with Crippen molar-refractivity contribution in [2.75, 3.05) is 26.0 Å². The average Bonchev–Trinajstić information content (AvgIpc) is 3.31. The molecular weight excluding hydrogens is 400 g/mol. The highest BCUT2D eigenvalue weighted by Crippen LogP contribution is 2.49. The van der Waals surface area contributed by atoms with Crippen LogP contribution in [0.5, 0.6) is 5.88 Å². The molecule has 1 amide bonds. The standard InChI is InChI=1S/C23H34N2O4S/c1-30(27,28)20-6-7-22(24-16-20)29-13-10-19-15-21(19)18-8-11-25(12-9-18)23(26)14-17-4-2-3-5-17/h6-7,16-19,21H,2-5,8-15H2,1H3. The van der Waals surface area contributed by atoms with Crippen LogP contribution in [0.3, 0.4) is 0 Å². The molecule has 7 heteroatoms. The van der Waals surface area contributed by atoms with Gasteiger partial charge >= 0.3 is 0 Å². The molecule has 1 aromatic rings. The molecule has 3 aliphatic rings. The molecule has 2 aliphatic carbocycles. The van der Waals surface area contributed by atoms with Crippen LogP contribution in [0, 0.1) is 23.7 Å². The van der Waals surface area contributed by atoms with Gasteiger partial charge in [-0.05, 0) is 68.3 Å². The summed E-state index contributed by atoms with van der Waals surface area (Å²) in [6.45, 7) is 2.49. The number of carbonyl (C=O) groups excluding carboxylic acids is 1. The smallest absolute Gasteiger partial charge is 0.222 e. The number of nitrogens with zero attached hydrogens (tertiary/aromatic N) is 2. The van der Waals surface area contributed by atoms with Crippen molar-refractivity contribution in [3.63, 3.8) is 0 Å². The van der Waals surface area contributed by atoms with E-state index in [1.54, 1.807) is 12.1 Å². The summed E-state index contributed by atoms with van der Waals surface area (Å²) in [6.07, 6.45) is 13.0. The van der Waals surface area contributed by atoms with Crippen molar-refractivity contribution in [3.8, 4) is 5.88 Å². The number of likely N-dealkylation sites (tertiary alicyclic amines) is 1. The second kappa shape index (κ2) is 9.25. The molecule has 4 rings (SSSR count). The first kappa shape index (κ1) is 21.6. The maximum Gasteiger partial charge on any atom is 0.222 e. The average molecular weight is 435 g/mol. The van der Waals surface area contributed by atoms with E-state index in [0.29, 0.717) is 30.2 Å². The number of carbonyl (C=O) groups is 1. The number of pyridine rings is 1. The summed E-state index contributed by atoms with van der Waals surface area (Å²) in [4.78, 5) is 19.0. The lowest BCUT2D eigenvalue weighted by atomic mass is 9.90. The van der Waals surface area contributed by atoms with E-state index in [4.69, 9.17) is 4.74 Å². The number of hydrogen-bond donors (Lipinski definition) is 0. The minimum atomic E-state index is -3.22. The van der Waals surface area contributed by atoms with Crippen LogP contribution in [0.15, 0.2) is 23.2 Å². The van der Waals surface area contributed by atoms with Crippen LogP contribution < -0.4 is 4.74 Å². The van der Waals surface area contributed by atoms with Crippen molar-refractivity contribution in [1.29, 1.82) is 0 Å². The molecule has 0 N–H and O–H groups in total. The van der Waals surface area contributed by atoms with Crippen LogP contribution in [0.25, 0.3) is 0 Å². The molecule has 0 aromatic carbocycles. The SMILES string of the molecule is CS(=O)(=O)c1ccc(OCCC2CC2C2CCN(C(=O)CC3CCCC3)CC2)nc1. The molecule has 1 aromatic heterocycles. The molecule has 3 fully saturated rings. The third kappa shape index (κ3) is 5.54. The Bertz CT molecular complexity index is 825. The molecule has 166 valence electrons. The molecule has 1 aliphatic heterocycles. The zero-order chi connectivity index (χ0) is 21.1. The monoisotopic (exact) mass is 434 g/mol. The predicted molar refractivity (Wildman–Crippen MR) is 115 cm³/mol. The first-order chi connectivity index (χ1) is 14.4. The van der Waals surface area contributed by atoms with Crippen LogP contribution >= 0.6 is 0 Å². The number of piperidine rings is 1. The summed E-state index contributed by atoms with van der Waals surface area (Å²) in [5.41, 5.74) is 0. The van der Waals surface area contributed by atoms with E-state index < -0.39 is 9.84 Å². The highest BCUT2D eigenvalue weighted by Gasteiger charge is 2.43. The molecule has 0 spiro atoms. The van der Waals surface area contributed by atoms with Gasteiger partial charge in [0.05, 0.1) is 11.5 Å². The second-order valence-electron chi connectivity index (χ2n) is 9.47. The third-order valence-corrected chi connectivity index (χ3v) is 8.39. The van der Waals surface area contributed by atoms with Gasteiger partial charge in [-0.2, -0.15) is 0 Å². The van der Waals surface area contributed by atoms with Gasteiger partial charge in [-0.3, -0.25) is 4.79 Å². The van der Waals surface area contributed by atoms with Crippen molar-refractivity contribution < 1.29 is 17.9 Å². The number of sulfone groups is 1. The molecule has 30 heavy (non-hydrogen) atoms. The molecule has 2 heterocycles. The maximum absolute atomic E-state index is 12.5. The molecule has 0 radical (unpaired) electrons. The van der Waals surface area contributed by atoms with E-state index in [1.165, 1.54) is 44.6 Å². The summed E-state index contributed by atoms with van der Waals surface area (Å²) in [5.74, 6) is 3.74. The van der Waals surface area contributed by atoms with Gasteiger partial charge in [0.15, 0.2) is 9.84 Å². The maximum atomic E-state index is 12.5. The third-order valence-electron chi connectivity index (χ3n) is 7.29. The fourth-order valence-corrected chi connectivity index (χ4v) is 5.89. The van der Waals surface area contributed by atoms with E-state index in [9.17, 15) is 13.2 Å². The lowest BCUT2D eigenvalue weighted by Gasteiger charge is -2.33. The van der Waals surface area contributed by atoms with Crippen LogP contribution in [0.1, 0.15) is 57.8 Å². The van der Waals surface area contributed by atoms with Crippen LogP contribution in [0.2, 0.25) is 0 Å². The van der Waals surface area contributed by atoms with Crippen molar-refractivity contribution in [2.24, 2.45) is 23.7 Å². The predicted octanol–water partition coefficient (Wildman–Crippen LogP) is 3.71. The minimum absolute atomic E-state index is 0.213. The van der Waals surface area contributed by atoms with Crippen molar-refractivity contribution >= 4 is 15.7 Å². The largest absolute Gasteiger partial charge is 0.478 e. The van der Waals surface area contributed by atoms with Crippen LogP contribution in [-0.2, 0) is 14.6 Å². The normalized spacial score (nSPS) is 25.4. The first-order valence-corrected chi connectivity index (χ1v) is 13.4. The quantitative estimate of drug-likeness (QED) is 0.623. The highest BCUT2D eigenvalue weighted by atomic mass is 32.2. The molecule has 6 nitrogen and oxygen atoms in total. The van der Waals surface area contributed by atoms with Gasteiger partial charge in [0.25, 0.3) is 0 Å². The second-order valence-corrected chi connectivity index (χ2v) is 11.5. The Labute approximate surface area is 180 Å². The van der Waals surface area contributed by atoms with E-state index in [2.05, 4.69) is 9.88 Å². The van der Waals surface area contributed by atoms with Crippen molar-refractivity contribution in [1.82, 2.24) is 9.88 Å². The Balaban J connectivity index is 1.13. The highest BCUT2D eigenvalue weighted by molar-refractivity contribution is 7.90. The van der Waals surface area contributed by atoms with Crippen molar-refractivity contribution in [3.05, 3.63) is 18.3 Å².